The first kappa shape index (κ1) is 26.4. The van der Waals surface area contributed by atoms with E-state index in [0.717, 1.165) is 16.7 Å². The Morgan fingerprint density at radius 2 is 0.977 bits per heavy atom. The van der Waals surface area contributed by atoms with Gasteiger partial charge in [-0.25, -0.2) is 15.0 Å². The maximum atomic E-state index is 5.06. The summed E-state index contributed by atoms with van der Waals surface area (Å²) in [7, 11) is 0. The number of aryl methyl sites for hydroxylation is 2. The second kappa shape index (κ2) is 10.5. The molecule has 8 rings (SSSR count). The molecule has 0 fully saturated rings. The van der Waals surface area contributed by atoms with Crippen molar-refractivity contribution in [1.82, 2.24) is 15.0 Å². The van der Waals surface area contributed by atoms with Gasteiger partial charge in [-0.15, -0.1) is 11.3 Å². The summed E-state index contributed by atoms with van der Waals surface area (Å²) in [6, 6.07) is 47.4. The molecule has 5 aromatic carbocycles. The molecule has 2 heterocycles. The van der Waals surface area contributed by atoms with Gasteiger partial charge >= 0.3 is 0 Å². The average molecular weight is 584 g/mol. The molecule has 0 bridgehead atoms. The van der Waals surface area contributed by atoms with Crippen molar-refractivity contribution in [2.75, 3.05) is 0 Å². The molecule has 0 unspecified atom stereocenters. The van der Waals surface area contributed by atoms with E-state index in [1.165, 1.54) is 43.8 Å². The quantitative estimate of drug-likeness (QED) is 0.202. The summed E-state index contributed by atoms with van der Waals surface area (Å²) < 4.78 is 0. The molecule has 1 aliphatic carbocycles. The van der Waals surface area contributed by atoms with Gasteiger partial charge in [0, 0.05) is 21.6 Å². The van der Waals surface area contributed by atoms with Crippen molar-refractivity contribution in [2.24, 2.45) is 0 Å². The van der Waals surface area contributed by atoms with Crippen molar-refractivity contribution in [3.63, 3.8) is 0 Å². The van der Waals surface area contributed by atoms with Crippen LogP contribution in [0.5, 0.6) is 0 Å². The van der Waals surface area contributed by atoms with E-state index in [-0.39, 0.29) is 0 Å². The van der Waals surface area contributed by atoms with E-state index in [0.29, 0.717) is 17.5 Å². The predicted octanol–water partition coefficient (Wildman–Crippen LogP) is 9.91. The van der Waals surface area contributed by atoms with Gasteiger partial charge in [-0.3, -0.25) is 0 Å². The van der Waals surface area contributed by atoms with Crippen molar-refractivity contribution in [1.29, 1.82) is 0 Å². The number of rotatable bonds is 5. The lowest BCUT2D eigenvalue weighted by molar-refractivity contribution is 0.769. The van der Waals surface area contributed by atoms with Crippen LogP contribution in [0.4, 0.5) is 0 Å². The minimum atomic E-state index is -0.459. The molecule has 0 radical (unpaired) electrons. The smallest absolute Gasteiger partial charge is 0.164 e. The molecular weight excluding hydrogens is 555 g/mol. The summed E-state index contributed by atoms with van der Waals surface area (Å²) in [5.41, 5.74) is 11.3. The zero-order valence-electron chi connectivity index (χ0n) is 24.5. The fourth-order valence-electron chi connectivity index (χ4n) is 6.48. The van der Waals surface area contributed by atoms with Gasteiger partial charge in [-0.05, 0) is 59.2 Å². The van der Waals surface area contributed by atoms with Crippen LogP contribution in [0.15, 0.2) is 139 Å². The van der Waals surface area contributed by atoms with Gasteiger partial charge in [0.1, 0.15) is 0 Å². The Labute approximate surface area is 261 Å². The number of hydrogen-bond donors (Lipinski definition) is 0. The van der Waals surface area contributed by atoms with Crippen LogP contribution in [-0.2, 0) is 5.41 Å². The van der Waals surface area contributed by atoms with Crippen LogP contribution < -0.4 is 0 Å². The highest BCUT2D eigenvalue weighted by Crippen LogP contribution is 2.58. The fourth-order valence-corrected chi connectivity index (χ4v) is 7.48. The Hall–Kier alpha value is -5.19. The first-order chi connectivity index (χ1) is 21.6. The second-order valence-corrected chi connectivity index (χ2v) is 12.4. The van der Waals surface area contributed by atoms with Gasteiger partial charge < -0.3 is 0 Å². The number of fused-ring (bicyclic) bond motifs is 3. The van der Waals surface area contributed by atoms with E-state index in [9.17, 15) is 0 Å². The van der Waals surface area contributed by atoms with Crippen molar-refractivity contribution >= 4 is 11.3 Å². The molecule has 0 spiro atoms. The van der Waals surface area contributed by atoms with Crippen molar-refractivity contribution in [3.05, 3.63) is 172 Å². The fraction of sp³-hybridized carbons (Fsp3) is 0.0750. The molecule has 2 aromatic heterocycles. The maximum absolute atomic E-state index is 5.06. The van der Waals surface area contributed by atoms with Crippen molar-refractivity contribution in [3.8, 4) is 44.6 Å². The molecule has 3 nitrogen and oxygen atoms in total. The SMILES string of the molecule is Cc1ccc(C2(c3ccc(C)cc3)c3cc(-c4nc(-c5ccccc5)nc(-c5ccccc5)n4)ccc3-c3sccc32)cc1. The standard InChI is InChI=1S/C40H29N3S/c1-26-13-18-31(19-14-26)40(32-20-15-27(2)16-21-32)34-23-24-44-36(34)33-22-17-30(25-35(33)40)39-42-37(28-9-5-3-6-10-28)41-38(43-39)29-11-7-4-8-12-29/h3-25H,1-2H3. The molecular formula is C40H29N3S. The summed E-state index contributed by atoms with van der Waals surface area (Å²) in [5.74, 6) is 1.99. The Balaban J connectivity index is 1.39. The lowest BCUT2D eigenvalue weighted by Crippen LogP contribution is -2.28. The van der Waals surface area contributed by atoms with Crippen LogP contribution in [0.25, 0.3) is 44.6 Å². The first-order valence-corrected chi connectivity index (χ1v) is 15.7. The Morgan fingerprint density at radius 1 is 0.477 bits per heavy atom. The van der Waals surface area contributed by atoms with Gasteiger partial charge in [0.05, 0.1) is 5.41 Å². The zero-order valence-corrected chi connectivity index (χ0v) is 25.3. The van der Waals surface area contributed by atoms with E-state index in [1.54, 1.807) is 0 Å². The van der Waals surface area contributed by atoms with Crippen LogP contribution in [0, 0.1) is 13.8 Å². The van der Waals surface area contributed by atoms with Crippen LogP contribution in [0.3, 0.4) is 0 Å². The molecule has 0 saturated heterocycles. The monoisotopic (exact) mass is 583 g/mol. The first-order valence-electron chi connectivity index (χ1n) is 14.9. The molecule has 210 valence electrons. The van der Waals surface area contributed by atoms with E-state index in [2.05, 4.69) is 116 Å². The van der Waals surface area contributed by atoms with Crippen LogP contribution in [-0.4, -0.2) is 15.0 Å². The number of hydrogen-bond acceptors (Lipinski definition) is 4. The summed E-state index contributed by atoms with van der Waals surface area (Å²) in [6.07, 6.45) is 0. The Morgan fingerprint density at radius 3 is 1.50 bits per heavy atom. The molecule has 7 aromatic rings. The van der Waals surface area contributed by atoms with E-state index < -0.39 is 5.41 Å². The molecule has 0 aliphatic heterocycles. The van der Waals surface area contributed by atoms with Gasteiger partial charge in [0.2, 0.25) is 0 Å². The molecule has 0 N–H and O–H groups in total. The largest absolute Gasteiger partial charge is 0.208 e. The summed E-state index contributed by atoms with van der Waals surface area (Å²) in [6.45, 7) is 4.29. The number of aromatic nitrogens is 3. The minimum absolute atomic E-state index is 0.459. The highest BCUT2D eigenvalue weighted by atomic mass is 32.1. The number of benzene rings is 5. The van der Waals surface area contributed by atoms with Crippen LogP contribution >= 0.6 is 11.3 Å². The molecule has 0 amide bonds. The summed E-state index contributed by atoms with van der Waals surface area (Å²) in [5, 5.41) is 2.23. The third-order valence-corrected chi connectivity index (χ3v) is 9.61. The Kier molecular flexibility index (Phi) is 6.32. The molecule has 44 heavy (non-hydrogen) atoms. The third-order valence-electron chi connectivity index (χ3n) is 8.66. The normalized spacial score (nSPS) is 13.0. The maximum Gasteiger partial charge on any atom is 0.164 e. The highest BCUT2D eigenvalue weighted by molar-refractivity contribution is 7.14. The van der Waals surface area contributed by atoms with Gasteiger partial charge in [0.15, 0.2) is 17.5 Å². The minimum Gasteiger partial charge on any atom is -0.208 e. The van der Waals surface area contributed by atoms with Crippen LogP contribution in [0.1, 0.15) is 33.4 Å². The van der Waals surface area contributed by atoms with Gasteiger partial charge in [0.25, 0.3) is 0 Å². The van der Waals surface area contributed by atoms with E-state index in [4.69, 9.17) is 15.0 Å². The van der Waals surface area contributed by atoms with E-state index >= 15 is 0 Å². The lowest BCUT2D eigenvalue weighted by atomic mass is 9.67. The summed E-state index contributed by atoms with van der Waals surface area (Å²) in [4.78, 5) is 16.4. The molecule has 0 saturated carbocycles. The van der Waals surface area contributed by atoms with E-state index in [1.807, 2.05) is 47.7 Å². The summed E-state index contributed by atoms with van der Waals surface area (Å²) >= 11 is 1.81. The van der Waals surface area contributed by atoms with Gasteiger partial charge in [-0.2, -0.15) is 0 Å². The zero-order chi connectivity index (χ0) is 29.7. The van der Waals surface area contributed by atoms with Crippen molar-refractivity contribution in [2.45, 2.75) is 19.3 Å². The predicted molar refractivity (Wildman–Crippen MR) is 181 cm³/mol. The lowest BCUT2D eigenvalue weighted by Gasteiger charge is -2.33. The average Bonchev–Trinajstić information content (AvgIpc) is 3.67. The molecule has 4 heteroatoms. The number of nitrogens with zero attached hydrogens (tertiary/aromatic N) is 3. The Bertz CT molecular complexity index is 2010. The molecule has 0 atom stereocenters. The second-order valence-electron chi connectivity index (χ2n) is 11.4. The van der Waals surface area contributed by atoms with Crippen LogP contribution in [0.2, 0.25) is 0 Å². The topological polar surface area (TPSA) is 38.7 Å². The highest BCUT2D eigenvalue weighted by Gasteiger charge is 2.47. The van der Waals surface area contributed by atoms with Crippen molar-refractivity contribution < 1.29 is 0 Å². The number of thiophene rings is 1. The molecule has 1 aliphatic rings. The third kappa shape index (κ3) is 4.22. The van der Waals surface area contributed by atoms with Gasteiger partial charge in [-0.1, -0.05) is 132 Å².